The molecule has 10 heteroatoms. The van der Waals surface area contributed by atoms with Crippen molar-refractivity contribution in [2.45, 2.75) is 18.7 Å². The molecule has 0 heterocycles. The van der Waals surface area contributed by atoms with Crippen LogP contribution < -0.4 is 16.4 Å². The molecule has 0 radical (unpaired) electrons. The molecule has 4 N–H and O–H groups in total. The number of nitrogens with one attached hydrogen (secondary N) is 2. The van der Waals surface area contributed by atoms with Gasteiger partial charge in [0.25, 0.3) is 10.1 Å². The lowest BCUT2D eigenvalue weighted by atomic mass is 9.82. The maximum atomic E-state index is 13.4. The minimum atomic E-state index is -4.31. The monoisotopic (exact) mass is 479 g/mol. The van der Waals surface area contributed by atoms with Crippen LogP contribution in [0.2, 0.25) is 0 Å². The largest absolute Gasteiger partial charge is 0.397 e. The Bertz CT molecular complexity index is 1490. The highest BCUT2D eigenvalue weighted by atomic mass is 32.2. The van der Waals surface area contributed by atoms with E-state index in [4.69, 9.17) is 5.73 Å². The minimum Gasteiger partial charge on any atom is -0.397 e. The van der Waals surface area contributed by atoms with Crippen LogP contribution in [0.15, 0.2) is 53.4 Å². The second kappa shape index (κ2) is 8.40. The highest BCUT2D eigenvalue weighted by Gasteiger charge is 2.36. The van der Waals surface area contributed by atoms with E-state index in [9.17, 15) is 22.8 Å². The molecule has 0 saturated carbocycles. The zero-order chi connectivity index (χ0) is 24.8. The molecule has 174 valence electrons. The van der Waals surface area contributed by atoms with Crippen molar-refractivity contribution in [1.29, 1.82) is 0 Å². The molecule has 1 aliphatic rings. The first-order chi connectivity index (χ1) is 16.0. The molecule has 3 aromatic carbocycles. The Balaban J connectivity index is 1.97. The molecule has 0 aliphatic heterocycles. The molecule has 0 unspecified atom stereocenters. The number of fused-ring (bicyclic) bond motifs is 2. The zero-order valence-corrected chi connectivity index (χ0v) is 19.4. The smallest absolute Gasteiger partial charge is 0.298 e. The molecular formula is C24H21N3O6S. The zero-order valence-electron chi connectivity index (χ0n) is 18.6. The van der Waals surface area contributed by atoms with Crippen molar-refractivity contribution in [1.82, 2.24) is 0 Å². The van der Waals surface area contributed by atoms with E-state index >= 15 is 0 Å². The van der Waals surface area contributed by atoms with Crippen molar-refractivity contribution in [3.63, 3.8) is 0 Å². The number of aryl methyl sites for hydroxylation is 1. The number of benzene rings is 3. The van der Waals surface area contributed by atoms with Gasteiger partial charge in [0, 0.05) is 29.4 Å². The van der Waals surface area contributed by atoms with Crippen LogP contribution in [0.5, 0.6) is 0 Å². The Kier molecular flexibility index (Phi) is 5.72. The third-order valence-corrected chi connectivity index (χ3v) is 6.83. The third-order valence-electron chi connectivity index (χ3n) is 5.52. The van der Waals surface area contributed by atoms with E-state index in [0.717, 1.165) is 12.7 Å². The summed E-state index contributed by atoms with van der Waals surface area (Å²) in [6, 6.07) is 12.5. The number of hydrogen-bond donors (Lipinski definition) is 3. The molecule has 4 rings (SSSR count). The summed E-state index contributed by atoms with van der Waals surface area (Å²) < 4.78 is 29.8. The number of nitrogens with two attached hydrogens (primary N) is 1. The van der Waals surface area contributed by atoms with E-state index < -0.39 is 26.6 Å². The lowest BCUT2D eigenvalue weighted by Gasteiger charge is -2.24. The molecule has 0 spiro atoms. The van der Waals surface area contributed by atoms with Gasteiger partial charge >= 0.3 is 0 Å². The van der Waals surface area contributed by atoms with Crippen molar-refractivity contribution in [3.8, 4) is 0 Å². The summed E-state index contributed by atoms with van der Waals surface area (Å²) in [6.45, 7) is 3.18. The summed E-state index contributed by atoms with van der Waals surface area (Å²) >= 11 is 0. The van der Waals surface area contributed by atoms with Crippen LogP contribution in [0, 0.1) is 6.92 Å². The van der Waals surface area contributed by atoms with Gasteiger partial charge in [0.1, 0.15) is 4.90 Å². The second-order valence-corrected chi connectivity index (χ2v) is 9.43. The number of amides is 1. The van der Waals surface area contributed by atoms with Gasteiger partial charge in [0.05, 0.1) is 29.6 Å². The first kappa shape index (κ1) is 23.1. The molecule has 1 aliphatic carbocycles. The third kappa shape index (κ3) is 3.82. The van der Waals surface area contributed by atoms with Crippen LogP contribution >= 0.6 is 0 Å². The first-order valence-corrected chi connectivity index (χ1v) is 11.6. The lowest BCUT2D eigenvalue weighted by molar-refractivity contribution is -0.114. The maximum absolute atomic E-state index is 13.4. The van der Waals surface area contributed by atoms with Crippen molar-refractivity contribution in [3.05, 3.63) is 76.3 Å². The molecule has 3 aromatic rings. The van der Waals surface area contributed by atoms with E-state index in [-0.39, 0.29) is 39.5 Å². The van der Waals surface area contributed by atoms with Gasteiger partial charge in [-0.05, 0) is 30.7 Å². The number of carbonyl (C=O) groups excluding carboxylic acids is 3. The van der Waals surface area contributed by atoms with Gasteiger partial charge < -0.3 is 16.4 Å². The van der Waals surface area contributed by atoms with E-state index in [1.54, 1.807) is 30.3 Å². The van der Waals surface area contributed by atoms with Gasteiger partial charge in [-0.2, -0.15) is 8.42 Å². The van der Waals surface area contributed by atoms with Gasteiger partial charge in [-0.1, -0.05) is 30.3 Å². The fourth-order valence-corrected chi connectivity index (χ4v) is 4.68. The normalized spacial score (nSPS) is 12.7. The number of carbonyl (C=O) groups is 3. The van der Waals surface area contributed by atoms with E-state index in [1.807, 2.05) is 6.92 Å². The number of rotatable bonds is 5. The average molecular weight is 480 g/mol. The fraction of sp³-hybridized carbons (Fsp3) is 0.125. The van der Waals surface area contributed by atoms with Crippen molar-refractivity contribution in [2.24, 2.45) is 0 Å². The molecule has 0 fully saturated rings. The highest BCUT2D eigenvalue weighted by molar-refractivity contribution is 7.87. The number of hydrogen-bond acceptors (Lipinski definition) is 8. The summed E-state index contributed by atoms with van der Waals surface area (Å²) in [5.41, 5.74) is 7.66. The summed E-state index contributed by atoms with van der Waals surface area (Å²) in [4.78, 5) is 37.9. The Morgan fingerprint density at radius 3 is 2.15 bits per heavy atom. The molecule has 9 nitrogen and oxygen atoms in total. The number of nitrogen functional groups attached to an aromatic ring is 1. The molecule has 0 aromatic heterocycles. The standard InChI is InChI=1S/C24H21N3O6S/c1-12-8-9-14(10-17(12)26-13(2)28)27-18-11-19(34(31,32)33-3)22(25)21-20(18)23(29)15-6-4-5-7-16(15)24(21)30/h4-11,27H,25H2,1-3H3,(H,26,28). The predicted molar refractivity (Wildman–Crippen MR) is 127 cm³/mol. The second-order valence-electron chi connectivity index (χ2n) is 7.75. The quantitative estimate of drug-likeness (QED) is 0.292. The summed E-state index contributed by atoms with van der Waals surface area (Å²) in [6.07, 6.45) is 0. The van der Waals surface area contributed by atoms with Crippen LogP contribution in [0.4, 0.5) is 22.7 Å². The van der Waals surface area contributed by atoms with E-state index in [1.165, 1.54) is 25.1 Å². The van der Waals surface area contributed by atoms with Crippen LogP contribution in [0.3, 0.4) is 0 Å². The Hall–Kier alpha value is -4.02. The molecule has 1 amide bonds. The Morgan fingerprint density at radius 1 is 0.941 bits per heavy atom. The average Bonchev–Trinajstić information content (AvgIpc) is 2.80. The fourth-order valence-electron chi connectivity index (χ4n) is 3.87. The highest BCUT2D eigenvalue weighted by Crippen LogP contribution is 2.40. The van der Waals surface area contributed by atoms with Gasteiger partial charge in [-0.3, -0.25) is 18.6 Å². The van der Waals surface area contributed by atoms with E-state index in [2.05, 4.69) is 14.8 Å². The van der Waals surface area contributed by atoms with Gasteiger partial charge in [-0.25, -0.2) is 0 Å². The van der Waals surface area contributed by atoms with Crippen molar-refractivity contribution >= 4 is 50.3 Å². The SMILES string of the molecule is COS(=O)(=O)c1cc(Nc2ccc(C)c(NC(C)=O)c2)c2c(c1N)C(=O)c1ccccc1C2=O. The topological polar surface area (TPSA) is 145 Å². The summed E-state index contributed by atoms with van der Waals surface area (Å²) in [5, 5.41) is 5.73. The van der Waals surface area contributed by atoms with Crippen molar-refractivity contribution in [2.75, 3.05) is 23.5 Å². The minimum absolute atomic E-state index is 0.0436. The van der Waals surface area contributed by atoms with Gasteiger partial charge in [-0.15, -0.1) is 0 Å². The van der Waals surface area contributed by atoms with Crippen LogP contribution in [0.1, 0.15) is 44.3 Å². The summed E-state index contributed by atoms with van der Waals surface area (Å²) in [5.74, 6) is -1.31. The molecule has 0 atom stereocenters. The van der Waals surface area contributed by atoms with Crippen LogP contribution in [-0.4, -0.2) is 33.0 Å². The molecule has 0 bridgehead atoms. The molecular weight excluding hydrogens is 458 g/mol. The first-order valence-electron chi connectivity index (χ1n) is 10.2. The summed E-state index contributed by atoms with van der Waals surface area (Å²) in [7, 11) is -3.34. The molecule has 34 heavy (non-hydrogen) atoms. The predicted octanol–water partition coefficient (Wildman–Crippen LogP) is 3.39. The van der Waals surface area contributed by atoms with Gasteiger partial charge in [0.2, 0.25) is 5.91 Å². The van der Waals surface area contributed by atoms with Crippen LogP contribution in [-0.2, 0) is 19.1 Å². The lowest BCUT2D eigenvalue weighted by Crippen LogP contribution is -2.25. The Labute approximate surface area is 196 Å². The van der Waals surface area contributed by atoms with Crippen molar-refractivity contribution < 1.29 is 27.0 Å². The molecule has 0 saturated heterocycles. The maximum Gasteiger partial charge on any atom is 0.298 e. The van der Waals surface area contributed by atoms with E-state index in [0.29, 0.717) is 11.4 Å². The Morgan fingerprint density at radius 2 is 1.56 bits per heavy atom. The number of anilines is 4. The van der Waals surface area contributed by atoms with Gasteiger partial charge in [0.15, 0.2) is 11.6 Å². The number of ketones is 2. The van der Waals surface area contributed by atoms with Crippen LogP contribution in [0.25, 0.3) is 0 Å².